The van der Waals surface area contributed by atoms with Crippen molar-refractivity contribution in [2.45, 2.75) is 13.0 Å². The second kappa shape index (κ2) is 11.5. The lowest BCUT2D eigenvalue weighted by Crippen LogP contribution is -2.49. The van der Waals surface area contributed by atoms with Crippen molar-refractivity contribution in [3.8, 4) is 11.5 Å². The van der Waals surface area contributed by atoms with Crippen molar-refractivity contribution in [2.75, 3.05) is 58.8 Å². The Bertz CT molecular complexity index is 878. The number of rotatable bonds is 8. The highest BCUT2D eigenvalue weighted by molar-refractivity contribution is 6.39. The van der Waals surface area contributed by atoms with Gasteiger partial charge in [0, 0.05) is 38.4 Å². The van der Waals surface area contributed by atoms with Crippen LogP contribution >= 0.6 is 0 Å². The maximum absolute atomic E-state index is 12.5. The van der Waals surface area contributed by atoms with Crippen LogP contribution in [0, 0.1) is 0 Å². The summed E-state index contributed by atoms with van der Waals surface area (Å²) >= 11 is 0. The van der Waals surface area contributed by atoms with Crippen LogP contribution in [0.25, 0.3) is 0 Å². The third-order valence-electron chi connectivity index (χ3n) is 5.56. The van der Waals surface area contributed by atoms with Crippen LogP contribution in [0.2, 0.25) is 0 Å². The van der Waals surface area contributed by atoms with Crippen LogP contribution in [0.1, 0.15) is 18.5 Å². The van der Waals surface area contributed by atoms with Gasteiger partial charge in [-0.2, -0.15) is 0 Å². The average Bonchev–Trinajstić information content (AvgIpc) is 2.82. The number of hydrogen-bond donors (Lipinski definition) is 2. The predicted octanol–water partition coefficient (Wildman–Crippen LogP) is 2.14. The van der Waals surface area contributed by atoms with Crippen LogP contribution in [0.5, 0.6) is 11.5 Å². The number of amides is 2. The van der Waals surface area contributed by atoms with Crippen molar-refractivity contribution in [3.05, 3.63) is 54.1 Å². The molecule has 0 aromatic heterocycles. The van der Waals surface area contributed by atoms with E-state index in [0.29, 0.717) is 24.6 Å². The first kappa shape index (κ1) is 23.6. The lowest BCUT2D eigenvalue weighted by Gasteiger charge is -2.38. The van der Waals surface area contributed by atoms with Crippen molar-refractivity contribution >= 4 is 17.5 Å². The van der Waals surface area contributed by atoms with Crippen LogP contribution < -0.4 is 20.1 Å². The molecule has 1 unspecified atom stereocenters. The van der Waals surface area contributed by atoms with Gasteiger partial charge in [-0.1, -0.05) is 12.1 Å². The Hall–Kier alpha value is -3.10. The van der Waals surface area contributed by atoms with E-state index in [4.69, 9.17) is 9.47 Å². The van der Waals surface area contributed by atoms with E-state index in [2.05, 4.69) is 27.5 Å². The minimum Gasteiger partial charge on any atom is -0.497 e. The summed E-state index contributed by atoms with van der Waals surface area (Å²) in [6.45, 7) is 6.50. The molecular weight excluding hydrogens is 408 g/mol. The number of anilines is 1. The molecule has 32 heavy (non-hydrogen) atoms. The molecule has 0 aliphatic carbocycles. The zero-order valence-corrected chi connectivity index (χ0v) is 19.0. The Morgan fingerprint density at radius 3 is 2.16 bits per heavy atom. The maximum Gasteiger partial charge on any atom is 0.313 e. The summed E-state index contributed by atoms with van der Waals surface area (Å²) in [4.78, 5) is 29.5. The molecule has 0 spiro atoms. The Balaban J connectivity index is 1.62. The minimum absolute atomic E-state index is 0.0307. The van der Waals surface area contributed by atoms with Gasteiger partial charge in [-0.05, 0) is 55.9 Å². The quantitative estimate of drug-likeness (QED) is 0.612. The van der Waals surface area contributed by atoms with Crippen LogP contribution in [0.3, 0.4) is 0 Å². The largest absolute Gasteiger partial charge is 0.497 e. The number of methoxy groups -OCH3 is 1. The maximum atomic E-state index is 12.5. The van der Waals surface area contributed by atoms with Gasteiger partial charge in [0.1, 0.15) is 11.5 Å². The van der Waals surface area contributed by atoms with E-state index in [1.54, 1.807) is 31.4 Å². The van der Waals surface area contributed by atoms with E-state index in [9.17, 15) is 9.59 Å². The van der Waals surface area contributed by atoms with E-state index in [1.807, 2.05) is 31.2 Å². The Morgan fingerprint density at radius 1 is 0.938 bits per heavy atom. The molecule has 0 bridgehead atoms. The molecule has 0 radical (unpaired) electrons. The van der Waals surface area contributed by atoms with Crippen LogP contribution in [0.15, 0.2) is 48.5 Å². The van der Waals surface area contributed by atoms with Crippen molar-refractivity contribution in [1.82, 2.24) is 15.1 Å². The molecule has 1 fully saturated rings. The highest BCUT2D eigenvalue weighted by Gasteiger charge is 2.25. The fourth-order valence-electron chi connectivity index (χ4n) is 3.68. The molecule has 2 aromatic rings. The van der Waals surface area contributed by atoms with Crippen LogP contribution in [-0.2, 0) is 9.59 Å². The van der Waals surface area contributed by atoms with Gasteiger partial charge in [-0.3, -0.25) is 14.5 Å². The molecule has 1 aliphatic rings. The monoisotopic (exact) mass is 440 g/mol. The number of benzene rings is 2. The first-order chi connectivity index (χ1) is 15.5. The van der Waals surface area contributed by atoms with Crippen molar-refractivity contribution in [1.29, 1.82) is 0 Å². The number of carbonyl (C=O) groups excluding carboxylic acids is 2. The fraction of sp³-hybridized carbons (Fsp3) is 0.417. The molecule has 1 aliphatic heterocycles. The molecule has 2 N–H and O–H groups in total. The highest BCUT2D eigenvalue weighted by atomic mass is 16.5. The molecule has 172 valence electrons. The van der Waals surface area contributed by atoms with E-state index in [0.717, 1.165) is 37.5 Å². The number of nitrogens with one attached hydrogen (secondary N) is 2. The number of nitrogens with zero attached hydrogens (tertiary/aromatic N) is 2. The number of piperazine rings is 1. The molecule has 1 heterocycles. The highest BCUT2D eigenvalue weighted by Crippen LogP contribution is 2.24. The first-order valence-corrected chi connectivity index (χ1v) is 10.9. The summed E-state index contributed by atoms with van der Waals surface area (Å²) < 4.78 is 10.7. The van der Waals surface area contributed by atoms with Gasteiger partial charge in [0.05, 0.1) is 19.8 Å². The average molecular weight is 441 g/mol. The number of hydrogen-bond acceptors (Lipinski definition) is 6. The van der Waals surface area contributed by atoms with Gasteiger partial charge in [-0.25, -0.2) is 0 Å². The molecular formula is C24H32N4O4. The summed E-state index contributed by atoms with van der Waals surface area (Å²) in [5, 5.41) is 5.44. The van der Waals surface area contributed by atoms with Crippen molar-refractivity contribution in [2.24, 2.45) is 0 Å². The summed E-state index contributed by atoms with van der Waals surface area (Å²) in [5.74, 6) is 0.140. The topological polar surface area (TPSA) is 83.1 Å². The second-order valence-corrected chi connectivity index (χ2v) is 7.75. The number of carbonyl (C=O) groups is 2. The fourth-order valence-corrected chi connectivity index (χ4v) is 3.68. The normalized spacial score (nSPS) is 15.6. The summed E-state index contributed by atoms with van der Waals surface area (Å²) in [7, 11) is 3.74. The van der Waals surface area contributed by atoms with Crippen molar-refractivity contribution in [3.63, 3.8) is 0 Å². The molecule has 3 rings (SSSR count). The predicted molar refractivity (Wildman–Crippen MR) is 124 cm³/mol. The number of ether oxygens (including phenoxy) is 2. The minimum atomic E-state index is -0.694. The third kappa shape index (κ3) is 6.45. The van der Waals surface area contributed by atoms with Crippen molar-refractivity contribution < 1.29 is 19.1 Å². The van der Waals surface area contributed by atoms with Gasteiger partial charge in [0.2, 0.25) is 0 Å². The molecule has 2 amide bonds. The van der Waals surface area contributed by atoms with Gasteiger partial charge in [0.25, 0.3) is 0 Å². The molecule has 1 saturated heterocycles. The summed E-state index contributed by atoms with van der Waals surface area (Å²) in [6.07, 6.45) is 0. The first-order valence-electron chi connectivity index (χ1n) is 10.9. The SMILES string of the molecule is CCOc1ccc(NC(=O)C(=O)NCC(c2ccc(OC)cc2)N2CCN(C)CC2)cc1. The number of likely N-dealkylation sites (N-methyl/N-ethyl adjacent to an activating group) is 1. The summed E-state index contributed by atoms with van der Waals surface area (Å²) in [5.41, 5.74) is 1.61. The lowest BCUT2D eigenvalue weighted by atomic mass is 10.0. The third-order valence-corrected chi connectivity index (χ3v) is 5.56. The second-order valence-electron chi connectivity index (χ2n) is 7.75. The Kier molecular flexibility index (Phi) is 8.47. The van der Waals surface area contributed by atoms with Crippen LogP contribution in [-0.4, -0.2) is 75.1 Å². The van der Waals surface area contributed by atoms with Gasteiger partial charge >= 0.3 is 11.8 Å². The summed E-state index contributed by atoms with van der Waals surface area (Å²) in [6, 6.07) is 14.7. The smallest absolute Gasteiger partial charge is 0.313 e. The standard InChI is InChI=1S/C24H32N4O4/c1-4-32-21-11-7-19(8-12-21)26-24(30)23(29)25-17-22(28-15-13-27(2)14-16-28)18-5-9-20(31-3)10-6-18/h5-12,22H,4,13-17H2,1-3H3,(H,25,29)(H,26,30). The van der Waals surface area contributed by atoms with Gasteiger partial charge in [-0.15, -0.1) is 0 Å². The Labute approximate surface area is 189 Å². The van der Waals surface area contributed by atoms with E-state index in [-0.39, 0.29) is 6.04 Å². The lowest BCUT2D eigenvalue weighted by molar-refractivity contribution is -0.136. The molecule has 8 nitrogen and oxygen atoms in total. The Morgan fingerprint density at radius 2 is 1.56 bits per heavy atom. The zero-order chi connectivity index (χ0) is 22.9. The molecule has 0 saturated carbocycles. The van der Waals surface area contributed by atoms with Gasteiger partial charge in [0.15, 0.2) is 0 Å². The molecule has 8 heteroatoms. The van der Waals surface area contributed by atoms with E-state index < -0.39 is 11.8 Å². The molecule has 1 atom stereocenters. The van der Waals surface area contributed by atoms with Gasteiger partial charge < -0.3 is 25.0 Å². The van der Waals surface area contributed by atoms with Crippen LogP contribution in [0.4, 0.5) is 5.69 Å². The molecule has 2 aromatic carbocycles. The van der Waals surface area contributed by atoms with E-state index >= 15 is 0 Å². The zero-order valence-electron chi connectivity index (χ0n) is 19.0. The van der Waals surface area contributed by atoms with E-state index in [1.165, 1.54) is 0 Å².